The summed E-state index contributed by atoms with van der Waals surface area (Å²) in [6, 6.07) is 12.4. The van der Waals surface area contributed by atoms with Crippen molar-refractivity contribution in [1.29, 1.82) is 0 Å². The SMILES string of the molecule is CCn1c(C(C)N(CCOC)S(=O)(=O)c2ccccc2)nc2cc(Cl)ccc2c1=O. The lowest BCUT2D eigenvalue weighted by atomic mass is 10.2. The Labute approximate surface area is 180 Å². The van der Waals surface area contributed by atoms with E-state index in [2.05, 4.69) is 4.98 Å². The summed E-state index contributed by atoms with van der Waals surface area (Å²) >= 11 is 6.09. The Balaban J connectivity index is 2.18. The number of fused-ring (bicyclic) bond motifs is 1. The lowest BCUT2D eigenvalue weighted by molar-refractivity contribution is 0.166. The highest BCUT2D eigenvalue weighted by Gasteiger charge is 2.32. The second-order valence-electron chi connectivity index (χ2n) is 6.78. The zero-order chi connectivity index (χ0) is 21.9. The number of rotatable bonds is 8. The smallest absolute Gasteiger partial charge is 0.261 e. The van der Waals surface area contributed by atoms with E-state index in [9.17, 15) is 13.2 Å². The van der Waals surface area contributed by atoms with Gasteiger partial charge in [-0.2, -0.15) is 4.31 Å². The maximum absolute atomic E-state index is 13.4. The average molecular weight is 450 g/mol. The largest absolute Gasteiger partial charge is 0.383 e. The summed E-state index contributed by atoms with van der Waals surface area (Å²) in [5.41, 5.74) is 0.202. The third-order valence-corrected chi connectivity index (χ3v) is 7.15. The lowest BCUT2D eigenvalue weighted by Gasteiger charge is -2.29. The van der Waals surface area contributed by atoms with Gasteiger partial charge in [-0.15, -0.1) is 0 Å². The highest BCUT2D eigenvalue weighted by Crippen LogP contribution is 2.27. The molecule has 9 heteroatoms. The van der Waals surface area contributed by atoms with Crippen molar-refractivity contribution in [3.8, 4) is 0 Å². The van der Waals surface area contributed by atoms with E-state index >= 15 is 0 Å². The summed E-state index contributed by atoms with van der Waals surface area (Å²) in [5.74, 6) is 0.355. The number of aromatic nitrogens is 2. The van der Waals surface area contributed by atoms with Crippen LogP contribution in [0.4, 0.5) is 0 Å². The topological polar surface area (TPSA) is 81.5 Å². The summed E-state index contributed by atoms with van der Waals surface area (Å²) in [5, 5.41) is 0.891. The molecule has 3 aromatic rings. The predicted octanol–water partition coefficient (Wildman–Crippen LogP) is 3.47. The van der Waals surface area contributed by atoms with Crippen molar-refractivity contribution in [1.82, 2.24) is 13.9 Å². The minimum Gasteiger partial charge on any atom is -0.383 e. The van der Waals surface area contributed by atoms with Gasteiger partial charge in [0.2, 0.25) is 10.0 Å². The Morgan fingerprint density at radius 1 is 1.20 bits per heavy atom. The van der Waals surface area contributed by atoms with Crippen LogP contribution in [0.25, 0.3) is 10.9 Å². The molecule has 160 valence electrons. The summed E-state index contributed by atoms with van der Waals surface area (Å²) < 4.78 is 34.7. The van der Waals surface area contributed by atoms with Gasteiger partial charge in [-0.05, 0) is 44.2 Å². The van der Waals surface area contributed by atoms with E-state index in [1.807, 2.05) is 6.92 Å². The molecule has 7 nitrogen and oxygen atoms in total. The summed E-state index contributed by atoms with van der Waals surface area (Å²) in [7, 11) is -2.34. The van der Waals surface area contributed by atoms with E-state index in [-0.39, 0.29) is 23.6 Å². The van der Waals surface area contributed by atoms with Gasteiger partial charge in [0.05, 0.1) is 28.4 Å². The Morgan fingerprint density at radius 2 is 1.90 bits per heavy atom. The summed E-state index contributed by atoms with van der Waals surface area (Å²) in [6.45, 7) is 4.22. The molecular weight excluding hydrogens is 426 g/mol. The van der Waals surface area contributed by atoms with E-state index < -0.39 is 16.1 Å². The molecule has 0 saturated carbocycles. The summed E-state index contributed by atoms with van der Waals surface area (Å²) in [4.78, 5) is 17.8. The molecule has 0 fully saturated rings. The maximum atomic E-state index is 13.4. The molecule has 3 rings (SSSR count). The van der Waals surface area contributed by atoms with E-state index in [4.69, 9.17) is 16.3 Å². The predicted molar refractivity (Wildman–Crippen MR) is 117 cm³/mol. The quantitative estimate of drug-likeness (QED) is 0.526. The first-order chi connectivity index (χ1) is 14.3. The first-order valence-electron chi connectivity index (χ1n) is 9.57. The minimum absolute atomic E-state index is 0.113. The molecule has 0 aliphatic rings. The number of benzene rings is 2. The van der Waals surface area contributed by atoms with Crippen molar-refractivity contribution in [2.75, 3.05) is 20.3 Å². The van der Waals surface area contributed by atoms with E-state index in [1.165, 1.54) is 16.0 Å². The molecule has 0 radical (unpaired) electrons. The molecule has 2 aromatic carbocycles. The zero-order valence-corrected chi connectivity index (χ0v) is 18.7. The molecule has 0 saturated heterocycles. The molecule has 1 heterocycles. The van der Waals surface area contributed by atoms with Crippen LogP contribution in [-0.4, -0.2) is 42.5 Å². The van der Waals surface area contributed by atoms with Gasteiger partial charge >= 0.3 is 0 Å². The molecule has 0 aliphatic carbocycles. The van der Waals surface area contributed by atoms with Gasteiger partial charge in [-0.3, -0.25) is 9.36 Å². The Bertz CT molecular complexity index is 1200. The second kappa shape index (κ2) is 9.26. The minimum atomic E-state index is -3.85. The molecule has 1 atom stereocenters. The molecule has 0 bridgehead atoms. The Morgan fingerprint density at radius 3 is 2.53 bits per heavy atom. The standard InChI is InChI=1S/C21H24ClN3O4S/c1-4-24-20(23-19-14-16(22)10-11-18(19)21(24)26)15(2)25(12-13-29-3)30(27,28)17-8-6-5-7-9-17/h5-11,14-15H,4,12-13H2,1-3H3. The molecule has 0 spiro atoms. The fraction of sp³-hybridized carbons (Fsp3) is 0.333. The first kappa shape index (κ1) is 22.4. The van der Waals surface area contributed by atoms with Crippen molar-refractivity contribution in [3.63, 3.8) is 0 Å². The normalized spacial score (nSPS) is 13.1. The molecule has 0 N–H and O–H groups in total. The lowest BCUT2D eigenvalue weighted by Crippen LogP contribution is -2.39. The van der Waals surface area contributed by atoms with Crippen LogP contribution in [0.15, 0.2) is 58.2 Å². The van der Waals surface area contributed by atoms with Crippen molar-refractivity contribution in [3.05, 3.63) is 69.7 Å². The highest BCUT2D eigenvalue weighted by atomic mass is 35.5. The fourth-order valence-corrected chi connectivity index (χ4v) is 5.16. The number of methoxy groups -OCH3 is 1. The van der Waals surface area contributed by atoms with E-state index in [0.29, 0.717) is 28.3 Å². The van der Waals surface area contributed by atoms with Gasteiger partial charge < -0.3 is 4.74 Å². The Kier molecular flexibility index (Phi) is 6.92. The van der Waals surface area contributed by atoms with Crippen molar-refractivity contribution in [2.24, 2.45) is 0 Å². The van der Waals surface area contributed by atoms with Crippen molar-refractivity contribution in [2.45, 2.75) is 31.3 Å². The van der Waals surface area contributed by atoms with Crippen LogP contribution in [0.1, 0.15) is 25.7 Å². The molecule has 1 aromatic heterocycles. The van der Waals surface area contributed by atoms with Gasteiger partial charge in [0, 0.05) is 25.2 Å². The van der Waals surface area contributed by atoms with Crippen molar-refractivity contribution < 1.29 is 13.2 Å². The Hall–Kier alpha value is -2.26. The monoisotopic (exact) mass is 449 g/mol. The van der Waals surface area contributed by atoms with Gasteiger partial charge in [0.15, 0.2) is 0 Å². The van der Waals surface area contributed by atoms with Crippen LogP contribution in [0.5, 0.6) is 0 Å². The third kappa shape index (κ3) is 4.27. The third-order valence-electron chi connectivity index (χ3n) is 4.93. The van der Waals surface area contributed by atoms with Crippen LogP contribution >= 0.6 is 11.6 Å². The van der Waals surface area contributed by atoms with Gasteiger partial charge in [-0.25, -0.2) is 13.4 Å². The first-order valence-corrected chi connectivity index (χ1v) is 11.4. The zero-order valence-electron chi connectivity index (χ0n) is 17.1. The molecule has 0 aliphatic heterocycles. The van der Waals surface area contributed by atoms with Crippen LogP contribution in [-0.2, 0) is 21.3 Å². The maximum Gasteiger partial charge on any atom is 0.261 e. The number of sulfonamides is 1. The van der Waals surface area contributed by atoms with Gasteiger partial charge in [0.1, 0.15) is 5.82 Å². The van der Waals surface area contributed by atoms with E-state index in [0.717, 1.165) is 0 Å². The van der Waals surface area contributed by atoms with Gasteiger partial charge in [0.25, 0.3) is 5.56 Å². The number of hydrogen-bond acceptors (Lipinski definition) is 5. The van der Waals surface area contributed by atoms with E-state index in [1.54, 1.807) is 55.5 Å². The van der Waals surface area contributed by atoms with Crippen LogP contribution < -0.4 is 5.56 Å². The van der Waals surface area contributed by atoms with Gasteiger partial charge in [-0.1, -0.05) is 29.8 Å². The van der Waals surface area contributed by atoms with Crippen LogP contribution in [0.2, 0.25) is 5.02 Å². The molecule has 0 amide bonds. The average Bonchev–Trinajstić information content (AvgIpc) is 2.74. The highest BCUT2D eigenvalue weighted by molar-refractivity contribution is 7.89. The molecule has 1 unspecified atom stereocenters. The molecule has 30 heavy (non-hydrogen) atoms. The van der Waals surface area contributed by atoms with Crippen LogP contribution in [0.3, 0.4) is 0 Å². The number of ether oxygens (including phenoxy) is 1. The number of hydrogen-bond donors (Lipinski definition) is 0. The number of halogens is 1. The summed E-state index contributed by atoms with van der Waals surface area (Å²) in [6.07, 6.45) is 0. The second-order valence-corrected chi connectivity index (χ2v) is 9.11. The molecular formula is C21H24ClN3O4S. The number of nitrogens with zero attached hydrogens (tertiary/aromatic N) is 3. The van der Waals surface area contributed by atoms with Crippen molar-refractivity contribution >= 4 is 32.5 Å². The fourth-order valence-electron chi connectivity index (χ4n) is 3.40. The van der Waals surface area contributed by atoms with Crippen LogP contribution in [0, 0.1) is 0 Å².